The lowest BCUT2D eigenvalue weighted by Gasteiger charge is -2.07. The van der Waals surface area contributed by atoms with Crippen LogP contribution in [-0.2, 0) is 6.67 Å². The maximum absolute atomic E-state index is 13.1. The molecule has 1 aromatic heterocycles. The second-order valence-corrected chi connectivity index (χ2v) is 5.36. The van der Waals surface area contributed by atoms with Gasteiger partial charge in [-0.3, -0.25) is 0 Å². The molecule has 4 nitrogen and oxygen atoms in total. The topological polar surface area (TPSA) is 59.7 Å². The van der Waals surface area contributed by atoms with E-state index in [1.54, 1.807) is 25.1 Å². The Labute approximate surface area is 136 Å². The van der Waals surface area contributed by atoms with Crippen LogP contribution in [0.2, 0.25) is 5.02 Å². The number of fused-ring (bicyclic) bond motifs is 1. The number of benzene rings is 2. The number of aromatic carboxylic acids is 1. The van der Waals surface area contributed by atoms with E-state index in [1.807, 2.05) is 0 Å². The normalized spacial score (nSPS) is 10.9. The van der Waals surface area contributed by atoms with Gasteiger partial charge in [-0.1, -0.05) is 23.7 Å². The molecule has 0 radical (unpaired) electrons. The van der Waals surface area contributed by atoms with Gasteiger partial charge in [0, 0.05) is 17.0 Å². The Bertz CT molecular complexity index is 901. The highest BCUT2D eigenvalue weighted by Crippen LogP contribution is 2.36. The highest BCUT2D eigenvalue weighted by Gasteiger charge is 2.16. The summed E-state index contributed by atoms with van der Waals surface area (Å²) >= 11 is 5.93. The zero-order chi connectivity index (χ0) is 16.6. The summed E-state index contributed by atoms with van der Waals surface area (Å²) < 4.78 is 24.4. The summed E-state index contributed by atoms with van der Waals surface area (Å²) in [7, 11) is 0. The molecule has 23 heavy (non-hydrogen) atoms. The quantitative estimate of drug-likeness (QED) is 0.698. The Morgan fingerprint density at radius 3 is 2.78 bits per heavy atom. The van der Waals surface area contributed by atoms with Gasteiger partial charge in [-0.15, -0.1) is 0 Å². The summed E-state index contributed by atoms with van der Waals surface area (Å²) in [6.45, 7) is 1.07. The monoisotopic (exact) mass is 334 g/mol. The van der Waals surface area contributed by atoms with E-state index < -0.39 is 12.6 Å². The van der Waals surface area contributed by atoms with Crippen molar-refractivity contribution < 1.29 is 23.4 Å². The van der Waals surface area contributed by atoms with Gasteiger partial charge in [-0.25, -0.2) is 9.18 Å². The fraction of sp³-hybridized carbons (Fsp3) is 0.118. The van der Waals surface area contributed by atoms with Crippen molar-refractivity contribution in [3.63, 3.8) is 0 Å². The summed E-state index contributed by atoms with van der Waals surface area (Å²) in [4.78, 5) is 11.0. The minimum absolute atomic E-state index is 0.00853. The molecular weight excluding hydrogens is 323 g/mol. The summed E-state index contributed by atoms with van der Waals surface area (Å²) in [5.41, 5.74) is 0.923. The van der Waals surface area contributed by atoms with E-state index in [0.29, 0.717) is 33.8 Å². The number of carboxylic acids is 1. The Hall–Kier alpha value is -2.53. The standard InChI is InChI=1S/C17H12ClFO4/c1-9-13(8-19)11-3-2-4-15(16(11)22-9)23-10-5-6-12(17(20)21)14(18)7-10/h2-7H,8H2,1H3,(H,20,21). The van der Waals surface area contributed by atoms with Gasteiger partial charge < -0.3 is 14.3 Å². The zero-order valence-electron chi connectivity index (χ0n) is 12.1. The third-order valence-electron chi connectivity index (χ3n) is 3.52. The zero-order valence-corrected chi connectivity index (χ0v) is 12.9. The third-order valence-corrected chi connectivity index (χ3v) is 3.83. The molecule has 1 heterocycles. The maximum atomic E-state index is 13.1. The van der Waals surface area contributed by atoms with Gasteiger partial charge >= 0.3 is 5.97 Å². The molecule has 0 amide bonds. The number of rotatable bonds is 4. The Balaban J connectivity index is 2.02. The molecule has 2 aromatic carbocycles. The van der Waals surface area contributed by atoms with Crippen molar-refractivity contribution in [3.05, 3.63) is 58.3 Å². The number of halogens is 2. The third kappa shape index (κ3) is 2.75. The number of carboxylic acid groups (broad SMARTS) is 1. The fourth-order valence-electron chi connectivity index (χ4n) is 2.37. The van der Waals surface area contributed by atoms with Gasteiger partial charge in [-0.2, -0.15) is 0 Å². The largest absolute Gasteiger partial charge is 0.478 e. The van der Waals surface area contributed by atoms with Crippen molar-refractivity contribution in [1.82, 2.24) is 0 Å². The first-order chi connectivity index (χ1) is 11.0. The lowest BCUT2D eigenvalue weighted by atomic mass is 10.1. The number of furan rings is 1. The molecule has 0 aliphatic carbocycles. The van der Waals surface area contributed by atoms with Crippen molar-refractivity contribution in [3.8, 4) is 11.5 Å². The highest BCUT2D eigenvalue weighted by molar-refractivity contribution is 6.33. The van der Waals surface area contributed by atoms with Crippen LogP contribution in [0.1, 0.15) is 21.7 Å². The first-order valence-corrected chi connectivity index (χ1v) is 7.16. The molecule has 3 rings (SSSR count). The van der Waals surface area contributed by atoms with Gasteiger partial charge in [0.05, 0.1) is 10.6 Å². The molecule has 3 aromatic rings. The van der Waals surface area contributed by atoms with E-state index in [-0.39, 0.29) is 10.6 Å². The van der Waals surface area contributed by atoms with Crippen LogP contribution in [0.25, 0.3) is 11.0 Å². The van der Waals surface area contributed by atoms with Gasteiger partial charge in [0.1, 0.15) is 18.2 Å². The van der Waals surface area contributed by atoms with E-state index in [0.717, 1.165) is 0 Å². The van der Waals surface area contributed by atoms with Crippen LogP contribution in [0.5, 0.6) is 11.5 Å². The first-order valence-electron chi connectivity index (χ1n) is 6.79. The van der Waals surface area contributed by atoms with Crippen LogP contribution >= 0.6 is 11.6 Å². The van der Waals surface area contributed by atoms with E-state index in [1.165, 1.54) is 18.2 Å². The molecule has 0 saturated heterocycles. The molecule has 118 valence electrons. The predicted molar refractivity (Wildman–Crippen MR) is 84.2 cm³/mol. The van der Waals surface area contributed by atoms with Crippen molar-refractivity contribution >= 4 is 28.5 Å². The molecule has 0 unspecified atom stereocenters. The Kier molecular flexibility index (Phi) is 3.96. The minimum atomic E-state index is -1.11. The number of ether oxygens (including phenoxy) is 1. The Morgan fingerprint density at radius 1 is 1.35 bits per heavy atom. The van der Waals surface area contributed by atoms with Crippen LogP contribution in [-0.4, -0.2) is 11.1 Å². The van der Waals surface area contributed by atoms with Crippen molar-refractivity contribution in [2.24, 2.45) is 0 Å². The number of carbonyl (C=O) groups is 1. The first kappa shape index (κ1) is 15.4. The summed E-state index contributed by atoms with van der Waals surface area (Å²) in [6, 6.07) is 9.45. The minimum Gasteiger partial charge on any atom is -0.478 e. The van der Waals surface area contributed by atoms with E-state index in [9.17, 15) is 9.18 Å². The van der Waals surface area contributed by atoms with Gasteiger partial charge in [0.15, 0.2) is 11.3 Å². The molecule has 0 aliphatic heterocycles. The molecule has 0 saturated carbocycles. The van der Waals surface area contributed by atoms with Gasteiger partial charge in [0.2, 0.25) is 0 Å². The number of alkyl halides is 1. The highest BCUT2D eigenvalue weighted by atomic mass is 35.5. The smallest absolute Gasteiger partial charge is 0.337 e. The second kappa shape index (κ2) is 5.93. The number of hydrogen-bond donors (Lipinski definition) is 1. The second-order valence-electron chi connectivity index (χ2n) is 4.95. The lowest BCUT2D eigenvalue weighted by Crippen LogP contribution is -1.97. The molecule has 0 bridgehead atoms. The van der Waals surface area contributed by atoms with Gasteiger partial charge in [-0.05, 0) is 25.1 Å². The predicted octanol–water partition coefficient (Wildman–Crippen LogP) is 5.35. The molecule has 6 heteroatoms. The van der Waals surface area contributed by atoms with Crippen LogP contribution in [0, 0.1) is 6.92 Å². The van der Waals surface area contributed by atoms with E-state index in [4.69, 9.17) is 25.9 Å². The molecule has 0 spiro atoms. The van der Waals surface area contributed by atoms with Crippen molar-refractivity contribution in [2.75, 3.05) is 0 Å². The average Bonchev–Trinajstić information content (AvgIpc) is 2.83. The van der Waals surface area contributed by atoms with E-state index in [2.05, 4.69) is 0 Å². The van der Waals surface area contributed by atoms with Crippen LogP contribution < -0.4 is 4.74 Å². The molecule has 0 fully saturated rings. The summed E-state index contributed by atoms with van der Waals surface area (Å²) in [6.07, 6.45) is 0. The van der Waals surface area contributed by atoms with Gasteiger partial charge in [0.25, 0.3) is 0 Å². The number of hydrogen-bond acceptors (Lipinski definition) is 3. The van der Waals surface area contributed by atoms with Crippen molar-refractivity contribution in [1.29, 1.82) is 0 Å². The SMILES string of the molecule is Cc1oc2c(Oc3ccc(C(=O)O)c(Cl)c3)cccc2c1CF. The lowest BCUT2D eigenvalue weighted by molar-refractivity contribution is 0.0697. The van der Waals surface area contributed by atoms with E-state index >= 15 is 0 Å². The molecule has 1 N–H and O–H groups in total. The molecule has 0 aliphatic rings. The van der Waals surface area contributed by atoms with Crippen LogP contribution in [0.3, 0.4) is 0 Å². The molecular formula is C17H12ClFO4. The fourth-order valence-corrected chi connectivity index (χ4v) is 2.62. The summed E-state index contributed by atoms with van der Waals surface area (Å²) in [5.74, 6) is 0.156. The maximum Gasteiger partial charge on any atom is 0.337 e. The average molecular weight is 335 g/mol. The Morgan fingerprint density at radius 2 is 2.13 bits per heavy atom. The summed E-state index contributed by atoms with van der Waals surface area (Å²) in [5, 5.41) is 9.69. The molecule has 0 atom stereocenters. The number of aryl methyl sites for hydroxylation is 1. The van der Waals surface area contributed by atoms with Crippen molar-refractivity contribution in [2.45, 2.75) is 13.6 Å². The number of para-hydroxylation sites is 1. The van der Waals surface area contributed by atoms with Crippen LogP contribution in [0.4, 0.5) is 4.39 Å². The van der Waals surface area contributed by atoms with Crippen LogP contribution in [0.15, 0.2) is 40.8 Å².